The van der Waals surface area contributed by atoms with Gasteiger partial charge in [-0.3, -0.25) is 9.48 Å². The van der Waals surface area contributed by atoms with Crippen LogP contribution in [0.25, 0.3) is 0 Å². The average molecular weight is 740 g/mol. The highest BCUT2D eigenvalue weighted by Crippen LogP contribution is 2.31. The van der Waals surface area contributed by atoms with Crippen LogP contribution in [0.3, 0.4) is 0 Å². The van der Waals surface area contributed by atoms with Gasteiger partial charge in [0, 0.05) is 21.3 Å². The molecule has 51 heavy (non-hydrogen) atoms. The van der Waals surface area contributed by atoms with Gasteiger partial charge in [0.1, 0.15) is 6.61 Å². The molecule has 0 saturated carbocycles. The second-order valence-electron chi connectivity index (χ2n) is 11.5. The second kappa shape index (κ2) is 16.1. The largest absolute Gasteiger partial charge is 0.463 e. The Labute approximate surface area is 303 Å². The molecule has 5 rings (SSSR count). The summed E-state index contributed by atoms with van der Waals surface area (Å²) in [6.45, 7) is 6.56. The van der Waals surface area contributed by atoms with Crippen LogP contribution in [0, 0.1) is 13.8 Å². The summed E-state index contributed by atoms with van der Waals surface area (Å²) in [6.07, 6.45) is -0.197. The predicted molar refractivity (Wildman–Crippen MR) is 185 cm³/mol. The number of allylic oxidation sites excluding steroid dienone is 1. The third-order valence-electron chi connectivity index (χ3n) is 8.24. The number of nitrogens with one attached hydrogen (secondary N) is 4. The zero-order valence-electron chi connectivity index (χ0n) is 28.2. The molecule has 2 aliphatic heterocycles. The Kier molecular flexibility index (Phi) is 11.7. The first-order valence-electron chi connectivity index (χ1n) is 16.0. The van der Waals surface area contributed by atoms with Crippen LogP contribution in [0.1, 0.15) is 54.0 Å². The summed E-state index contributed by atoms with van der Waals surface area (Å²) in [5.74, 6) is -1.97. The number of hydrogen-bond acceptors (Lipinski definition) is 9. The number of aryl methyl sites for hydroxylation is 1. The smallest absolute Gasteiger partial charge is 0.338 e. The minimum absolute atomic E-state index is 0.0196. The number of carbonyl (C=O) groups is 5. The molecular weight excluding hydrogens is 703 g/mol. The SMILES string of the molecule is CCOC(=O)C1=C(COC(=O)Cc2c(C)nn(CC3=C(C(=O)OCC)C(c4ccc(Cl)cc4)NC(=O)N3)c2C)NC(=O)NC1c1ccc(Cl)cc1. The first kappa shape index (κ1) is 36.9. The maximum absolute atomic E-state index is 13.2. The molecule has 2 unspecified atom stereocenters. The monoisotopic (exact) mass is 738 g/mol. The van der Waals surface area contributed by atoms with E-state index in [1.54, 1.807) is 80.9 Å². The van der Waals surface area contributed by atoms with Gasteiger partial charge in [0.15, 0.2) is 0 Å². The third-order valence-corrected chi connectivity index (χ3v) is 8.75. The van der Waals surface area contributed by atoms with E-state index in [4.69, 9.17) is 37.4 Å². The number of carbonyl (C=O) groups excluding carboxylic acids is 5. The molecule has 4 N–H and O–H groups in total. The van der Waals surface area contributed by atoms with E-state index in [-0.39, 0.29) is 48.7 Å². The van der Waals surface area contributed by atoms with Crippen molar-refractivity contribution in [3.63, 3.8) is 0 Å². The molecule has 0 aliphatic carbocycles. The van der Waals surface area contributed by atoms with Crippen molar-refractivity contribution < 1.29 is 38.2 Å². The Morgan fingerprint density at radius 3 is 1.71 bits per heavy atom. The fourth-order valence-electron chi connectivity index (χ4n) is 5.83. The average Bonchev–Trinajstić information content (AvgIpc) is 3.34. The van der Waals surface area contributed by atoms with Crippen molar-refractivity contribution in [2.75, 3.05) is 19.8 Å². The molecule has 2 aliphatic rings. The highest BCUT2D eigenvalue weighted by Gasteiger charge is 2.36. The van der Waals surface area contributed by atoms with Gasteiger partial charge in [-0.05, 0) is 63.1 Å². The molecule has 16 heteroatoms. The number of hydrogen-bond donors (Lipinski definition) is 4. The van der Waals surface area contributed by atoms with Crippen LogP contribution in [0.4, 0.5) is 9.59 Å². The summed E-state index contributed by atoms with van der Waals surface area (Å²) in [6, 6.07) is 10.5. The van der Waals surface area contributed by atoms with Gasteiger partial charge in [0.05, 0.1) is 66.5 Å². The standard InChI is InChI=1S/C35H36Cl2N6O8/c1-5-49-32(45)28-25(38-34(47)40-30(28)20-7-11-22(36)12-8-20)16-43-19(4)24(18(3)42-43)15-27(44)51-17-26-29(33(46)50-6-2)31(41-35(48)39-26)21-9-13-23(37)14-10-21/h7-14,30-31H,5-6,15-17H2,1-4H3,(H2,38,40,47)(H2,39,41,48). The lowest BCUT2D eigenvalue weighted by atomic mass is 9.95. The van der Waals surface area contributed by atoms with Gasteiger partial charge >= 0.3 is 30.0 Å². The van der Waals surface area contributed by atoms with Crippen molar-refractivity contribution in [3.05, 3.63) is 109 Å². The number of nitrogens with zero attached hydrogens (tertiary/aromatic N) is 2. The summed E-state index contributed by atoms with van der Waals surface area (Å²) in [4.78, 5) is 65.0. The molecular formula is C35H36Cl2N6O8. The Bertz CT molecular complexity index is 1920. The third kappa shape index (κ3) is 8.52. The number of rotatable bonds is 12. The van der Waals surface area contributed by atoms with Crippen molar-refractivity contribution in [1.82, 2.24) is 31.0 Å². The molecule has 0 radical (unpaired) electrons. The van der Waals surface area contributed by atoms with Gasteiger partial charge in [-0.25, -0.2) is 19.2 Å². The molecule has 268 valence electrons. The van der Waals surface area contributed by atoms with E-state index in [0.717, 1.165) is 0 Å². The number of urea groups is 2. The normalized spacial score (nSPS) is 17.2. The number of aromatic nitrogens is 2. The zero-order valence-corrected chi connectivity index (χ0v) is 29.7. The van der Waals surface area contributed by atoms with Crippen molar-refractivity contribution in [1.29, 1.82) is 0 Å². The molecule has 0 spiro atoms. The van der Waals surface area contributed by atoms with Gasteiger partial charge in [-0.15, -0.1) is 0 Å². The molecule has 0 saturated heterocycles. The van der Waals surface area contributed by atoms with Crippen LogP contribution in [-0.4, -0.2) is 59.6 Å². The Morgan fingerprint density at radius 1 is 0.745 bits per heavy atom. The minimum Gasteiger partial charge on any atom is -0.463 e. The van der Waals surface area contributed by atoms with E-state index >= 15 is 0 Å². The first-order chi connectivity index (χ1) is 24.4. The van der Waals surface area contributed by atoms with E-state index in [9.17, 15) is 24.0 Å². The lowest BCUT2D eigenvalue weighted by Gasteiger charge is -2.29. The highest BCUT2D eigenvalue weighted by molar-refractivity contribution is 6.30. The highest BCUT2D eigenvalue weighted by atomic mass is 35.5. The van der Waals surface area contributed by atoms with Crippen LogP contribution in [0.2, 0.25) is 10.0 Å². The molecule has 0 fully saturated rings. The van der Waals surface area contributed by atoms with Crippen molar-refractivity contribution in [2.45, 2.75) is 52.7 Å². The van der Waals surface area contributed by atoms with Crippen molar-refractivity contribution in [2.24, 2.45) is 0 Å². The number of benzene rings is 2. The van der Waals surface area contributed by atoms with E-state index in [0.29, 0.717) is 38.1 Å². The molecule has 3 aromatic rings. The topological polar surface area (TPSA) is 179 Å². The minimum atomic E-state index is -0.880. The fourth-order valence-corrected chi connectivity index (χ4v) is 6.08. The predicted octanol–water partition coefficient (Wildman–Crippen LogP) is 4.64. The van der Waals surface area contributed by atoms with E-state index < -0.39 is 48.7 Å². The molecule has 1 aromatic heterocycles. The van der Waals surface area contributed by atoms with Crippen LogP contribution >= 0.6 is 23.2 Å². The summed E-state index contributed by atoms with van der Waals surface area (Å²) in [5, 5.41) is 16.3. The molecule has 4 amide bonds. The zero-order chi connectivity index (χ0) is 36.8. The van der Waals surface area contributed by atoms with Crippen LogP contribution in [0.5, 0.6) is 0 Å². The quantitative estimate of drug-likeness (QED) is 0.152. The van der Waals surface area contributed by atoms with Crippen LogP contribution in [-0.2, 0) is 41.6 Å². The number of amides is 4. The van der Waals surface area contributed by atoms with Gasteiger partial charge < -0.3 is 35.5 Å². The molecule has 2 atom stereocenters. The van der Waals surface area contributed by atoms with Crippen molar-refractivity contribution >= 4 is 53.2 Å². The Morgan fingerprint density at radius 2 is 1.22 bits per heavy atom. The second-order valence-corrected chi connectivity index (χ2v) is 12.4. The molecule has 0 bridgehead atoms. The summed E-state index contributed by atoms with van der Waals surface area (Å²) in [5.41, 5.74) is 3.47. The van der Waals surface area contributed by atoms with E-state index in [1.165, 1.54) is 0 Å². The maximum atomic E-state index is 13.2. The summed E-state index contributed by atoms with van der Waals surface area (Å²) >= 11 is 12.1. The Balaban J connectivity index is 1.38. The van der Waals surface area contributed by atoms with Gasteiger partial charge in [0.2, 0.25) is 0 Å². The Hall–Kier alpha value is -5.34. The van der Waals surface area contributed by atoms with Gasteiger partial charge in [-0.2, -0.15) is 5.10 Å². The van der Waals surface area contributed by atoms with Gasteiger partial charge in [0.25, 0.3) is 0 Å². The first-order valence-corrected chi connectivity index (χ1v) is 16.8. The lowest BCUT2D eigenvalue weighted by Crippen LogP contribution is -2.47. The number of halogens is 2. The molecule has 3 heterocycles. The molecule has 14 nitrogen and oxygen atoms in total. The maximum Gasteiger partial charge on any atom is 0.338 e. The van der Waals surface area contributed by atoms with Crippen LogP contribution < -0.4 is 21.3 Å². The van der Waals surface area contributed by atoms with Crippen LogP contribution in [0.15, 0.2) is 71.1 Å². The van der Waals surface area contributed by atoms with Crippen molar-refractivity contribution in [3.8, 4) is 0 Å². The lowest BCUT2D eigenvalue weighted by molar-refractivity contribution is -0.143. The number of ether oxygens (including phenoxy) is 3. The summed E-state index contributed by atoms with van der Waals surface area (Å²) in [7, 11) is 0. The van der Waals surface area contributed by atoms with E-state index in [2.05, 4.69) is 26.4 Å². The summed E-state index contributed by atoms with van der Waals surface area (Å²) < 4.78 is 17.8. The molecule has 2 aromatic carbocycles. The fraction of sp³-hybridized carbons (Fsp3) is 0.314. The number of esters is 3. The van der Waals surface area contributed by atoms with Gasteiger partial charge in [-0.1, -0.05) is 47.5 Å². The van der Waals surface area contributed by atoms with E-state index in [1.807, 2.05) is 0 Å².